The second-order valence-electron chi connectivity index (χ2n) is 6.95. The number of piperazine rings is 1. The number of nitrogens with one attached hydrogen (secondary N) is 1. The highest BCUT2D eigenvalue weighted by molar-refractivity contribution is 5.88. The molecule has 1 atom stereocenters. The molecule has 0 radical (unpaired) electrons. The molecule has 2 aromatic rings. The van der Waals surface area contributed by atoms with E-state index in [1.54, 1.807) is 12.0 Å². The summed E-state index contributed by atoms with van der Waals surface area (Å²) >= 11 is 0. The molecule has 1 aliphatic rings. The van der Waals surface area contributed by atoms with E-state index in [1.165, 1.54) is 0 Å². The van der Waals surface area contributed by atoms with Crippen LogP contribution in [0.5, 0.6) is 5.75 Å². The van der Waals surface area contributed by atoms with Gasteiger partial charge in [-0.05, 0) is 17.7 Å². The van der Waals surface area contributed by atoms with E-state index in [0.717, 1.165) is 17.0 Å². The van der Waals surface area contributed by atoms with E-state index in [2.05, 4.69) is 10.2 Å². The predicted molar refractivity (Wildman–Crippen MR) is 111 cm³/mol. The third kappa shape index (κ3) is 5.26. The Bertz CT molecular complexity index is 820. The van der Waals surface area contributed by atoms with Gasteiger partial charge in [-0.15, -0.1) is 0 Å². The fourth-order valence-corrected chi connectivity index (χ4v) is 3.49. The highest BCUT2D eigenvalue weighted by Gasteiger charge is 2.28. The molecule has 0 unspecified atom stereocenters. The Balaban J connectivity index is 1.55. The van der Waals surface area contributed by atoms with Gasteiger partial charge in [0, 0.05) is 26.2 Å². The first kappa shape index (κ1) is 20.7. The van der Waals surface area contributed by atoms with E-state index in [0.29, 0.717) is 26.2 Å². The molecule has 0 aliphatic carbocycles. The molecule has 2 N–H and O–H groups in total. The summed E-state index contributed by atoms with van der Waals surface area (Å²) in [4.78, 5) is 28.9. The molecule has 0 saturated carbocycles. The number of carbonyl (C=O) groups is 2. The SMILES string of the molecule is COc1ccccc1N1CCN(C(=O)[C@H](CO)NC(=O)Cc2ccccc2)CC1. The zero-order valence-corrected chi connectivity index (χ0v) is 16.6. The molecule has 154 valence electrons. The van der Waals surface area contributed by atoms with E-state index >= 15 is 0 Å². The van der Waals surface area contributed by atoms with Crippen molar-refractivity contribution in [1.29, 1.82) is 0 Å². The largest absolute Gasteiger partial charge is 0.495 e. The summed E-state index contributed by atoms with van der Waals surface area (Å²) in [5.41, 5.74) is 1.86. The van der Waals surface area contributed by atoms with Crippen LogP contribution in [-0.2, 0) is 16.0 Å². The molecule has 7 nitrogen and oxygen atoms in total. The van der Waals surface area contributed by atoms with Gasteiger partial charge in [0.15, 0.2) is 0 Å². The van der Waals surface area contributed by atoms with Crippen molar-refractivity contribution in [2.24, 2.45) is 0 Å². The highest BCUT2D eigenvalue weighted by Crippen LogP contribution is 2.28. The van der Waals surface area contributed by atoms with Crippen molar-refractivity contribution in [1.82, 2.24) is 10.2 Å². The van der Waals surface area contributed by atoms with Gasteiger partial charge >= 0.3 is 0 Å². The van der Waals surface area contributed by atoms with Crippen LogP contribution in [0.2, 0.25) is 0 Å². The number of hydrogen-bond donors (Lipinski definition) is 2. The minimum Gasteiger partial charge on any atom is -0.495 e. The summed E-state index contributed by atoms with van der Waals surface area (Å²) in [6, 6.07) is 16.2. The first-order chi connectivity index (χ1) is 14.1. The summed E-state index contributed by atoms with van der Waals surface area (Å²) in [5, 5.41) is 12.3. The zero-order valence-electron chi connectivity index (χ0n) is 16.6. The van der Waals surface area contributed by atoms with Gasteiger partial charge in [-0.3, -0.25) is 9.59 Å². The Morgan fingerprint density at radius 2 is 1.69 bits per heavy atom. The van der Waals surface area contributed by atoms with Crippen LogP contribution in [0.4, 0.5) is 5.69 Å². The van der Waals surface area contributed by atoms with E-state index in [9.17, 15) is 14.7 Å². The van der Waals surface area contributed by atoms with Crippen LogP contribution in [-0.4, -0.2) is 67.8 Å². The Morgan fingerprint density at radius 3 is 2.34 bits per heavy atom. The van der Waals surface area contributed by atoms with Crippen LogP contribution in [0.15, 0.2) is 54.6 Å². The summed E-state index contributed by atoms with van der Waals surface area (Å²) in [7, 11) is 1.64. The van der Waals surface area contributed by atoms with Crippen molar-refractivity contribution in [2.75, 3.05) is 44.8 Å². The quantitative estimate of drug-likeness (QED) is 0.730. The normalized spacial score (nSPS) is 15.0. The molecule has 7 heteroatoms. The molecule has 3 rings (SSSR count). The van der Waals surface area contributed by atoms with Crippen molar-refractivity contribution < 1.29 is 19.4 Å². The maximum Gasteiger partial charge on any atom is 0.247 e. The molecule has 29 heavy (non-hydrogen) atoms. The predicted octanol–water partition coefficient (Wildman–Crippen LogP) is 1.06. The smallest absolute Gasteiger partial charge is 0.247 e. The molecule has 1 saturated heterocycles. The van der Waals surface area contributed by atoms with Crippen LogP contribution >= 0.6 is 0 Å². The lowest BCUT2D eigenvalue weighted by Gasteiger charge is -2.37. The molecular weight excluding hydrogens is 370 g/mol. The minimum atomic E-state index is -0.927. The van der Waals surface area contributed by atoms with Gasteiger partial charge in [-0.25, -0.2) is 0 Å². The number of aliphatic hydroxyl groups excluding tert-OH is 1. The molecule has 2 amide bonds. The van der Waals surface area contributed by atoms with Gasteiger partial charge in [0.2, 0.25) is 11.8 Å². The molecular formula is C22H27N3O4. The number of benzene rings is 2. The van der Waals surface area contributed by atoms with Crippen molar-refractivity contribution in [2.45, 2.75) is 12.5 Å². The zero-order chi connectivity index (χ0) is 20.6. The van der Waals surface area contributed by atoms with Crippen molar-refractivity contribution in [3.63, 3.8) is 0 Å². The monoisotopic (exact) mass is 397 g/mol. The van der Waals surface area contributed by atoms with Crippen LogP contribution in [0, 0.1) is 0 Å². The third-order valence-corrected chi connectivity index (χ3v) is 5.04. The lowest BCUT2D eigenvalue weighted by atomic mass is 10.1. The van der Waals surface area contributed by atoms with E-state index in [1.807, 2.05) is 54.6 Å². The first-order valence-corrected chi connectivity index (χ1v) is 9.73. The molecule has 1 fully saturated rings. The highest BCUT2D eigenvalue weighted by atomic mass is 16.5. The molecule has 2 aromatic carbocycles. The van der Waals surface area contributed by atoms with E-state index in [-0.39, 0.29) is 18.2 Å². The number of carbonyl (C=O) groups excluding carboxylic acids is 2. The van der Waals surface area contributed by atoms with Crippen molar-refractivity contribution in [3.05, 3.63) is 60.2 Å². The standard InChI is InChI=1S/C22H27N3O4/c1-29-20-10-6-5-9-19(20)24-11-13-25(14-12-24)22(28)18(16-26)23-21(27)15-17-7-3-2-4-8-17/h2-10,18,26H,11-16H2,1H3,(H,23,27)/t18-/m0/s1. The lowest BCUT2D eigenvalue weighted by Crippen LogP contribution is -2.56. The van der Waals surface area contributed by atoms with Crippen LogP contribution < -0.4 is 15.0 Å². The average Bonchev–Trinajstić information content (AvgIpc) is 2.77. The van der Waals surface area contributed by atoms with E-state index in [4.69, 9.17) is 4.74 Å². The first-order valence-electron chi connectivity index (χ1n) is 9.73. The molecule has 0 spiro atoms. The van der Waals surface area contributed by atoms with Gasteiger partial charge in [0.25, 0.3) is 0 Å². The average molecular weight is 397 g/mol. The molecule has 1 heterocycles. The molecule has 1 aliphatic heterocycles. The fourth-order valence-electron chi connectivity index (χ4n) is 3.49. The maximum atomic E-state index is 12.8. The van der Waals surface area contributed by atoms with Gasteiger partial charge in [0.05, 0.1) is 25.8 Å². The second-order valence-corrected chi connectivity index (χ2v) is 6.95. The maximum absolute atomic E-state index is 12.8. The number of amides is 2. The number of ether oxygens (including phenoxy) is 1. The third-order valence-electron chi connectivity index (χ3n) is 5.04. The number of anilines is 1. The molecule has 0 bridgehead atoms. The van der Waals surface area contributed by atoms with E-state index < -0.39 is 12.6 Å². The Kier molecular flexibility index (Phi) is 7.08. The van der Waals surface area contributed by atoms with Gasteiger partial charge < -0.3 is 25.0 Å². The van der Waals surface area contributed by atoms with Gasteiger partial charge in [-0.2, -0.15) is 0 Å². The fraction of sp³-hybridized carbons (Fsp3) is 0.364. The number of rotatable bonds is 7. The van der Waals surface area contributed by atoms with Gasteiger partial charge in [0.1, 0.15) is 11.8 Å². The number of nitrogens with zero attached hydrogens (tertiary/aromatic N) is 2. The van der Waals surface area contributed by atoms with Crippen molar-refractivity contribution in [3.8, 4) is 5.75 Å². The lowest BCUT2D eigenvalue weighted by molar-refractivity contribution is -0.137. The number of aliphatic hydroxyl groups is 1. The van der Waals surface area contributed by atoms with Crippen LogP contribution in [0.1, 0.15) is 5.56 Å². The number of para-hydroxylation sites is 2. The number of methoxy groups -OCH3 is 1. The van der Waals surface area contributed by atoms with Crippen LogP contribution in [0.25, 0.3) is 0 Å². The van der Waals surface area contributed by atoms with Crippen molar-refractivity contribution >= 4 is 17.5 Å². The summed E-state index contributed by atoms with van der Waals surface area (Å²) in [6.45, 7) is 1.92. The minimum absolute atomic E-state index is 0.173. The second kappa shape index (κ2) is 9.93. The Hall–Kier alpha value is -3.06. The summed E-state index contributed by atoms with van der Waals surface area (Å²) < 4.78 is 5.42. The summed E-state index contributed by atoms with van der Waals surface area (Å²) in [6.07, 6.45) is 0.173. The van der Waals surface area contributed by atoms with Gasteiger partial charge in [-0.1, -0.05) is 42.5 Å². The topological polar surface area (TPSA) is 82.1 Å². The summed E-state index contributed by atoms with van der Waals surface area (Å²) in [5.74, 6) is 0.263. The number of hydrogen-bond acceptors (Lipinski definition) is 5. The van der Waals surface area contributed by atoms with Crippen LogP contribution in [0.3, 0.4) is 0 Å². The molecule has 0 aromatic heterocycles. The Morgan fingerprint density at radius 1 is 1.03 bits per heavy atom. The Labute approximate surface area is 170 Å².